The third kappa shape index (κ3) is 3.81. The Morgan fingerprint density at radius 2 is 2.15 bits per heavy atom. The van der Waals surface area contributed by atoms with Crippen LogP contribution in [-0.4, -0.2) is 44.6 Å². The van der Waals surface area contributed by atoms with Crippen molar-refractivity contribution < 1.29 is 14.3 Å². The molecule has 1 unspecified atom stereocenters. The van der Waals surface area contributed by atoms with Gasteiger partial charge in [0.25, 0.3) is 0 Å². The molecule has 2 rings (SSSR count). The van der Waals surface area contributed by atoms with Crippen molar-refractivity contribution in [2.24, 2.45) is 0 Å². The second-order valence-corrected chi connectivity index (χ2v) is 5.26. The van der Waals surface area contributed by atoms with Gasteiger partial charge in [0.15, 0.2) is 0 Å². The third-order valence-corrected chi connectivity index (χ3v) is 3.82. The second kappa shape index (κ2) is 7.41. The number of benzene rings is 1. The van der Waals surface area contributed by atoms with E-state index in [9.17, 15) is 4.79 Å². The second-order valence-electron chi connectivity index (χ2n) is 5.26. The van der Waals surface area contributed by atoms with E-state index in [1.807, 2.05) is 6.07 Å². The molecule has 1 aliphatic heterocycles. The molecule has 0 saturated carbocycles. The molecule has 0 radical (unpaired) electrons. The van der Waals surface area contributed by atoms with Crippen LogP contribution in [0.5, 0.6) is 5.75 Å². The maximum atomic E-state index is 10.7. The minimum Gasteiger partial charge on any atom is -0.496 e. The predicted octanol–water partition coefficient (Wildman–Crippen LogP) is 2.22. The zero-order valence-electron chi connectivity index (χ0n) is 12.3. The largest absolute Gasteiger partial charge is 0.496 e. The van der Waals surface area contributed by atoms with Gasteiger partial charge in [-0.1, -0.05) is 19.1 Å². The molecule has 1 aliphatic rings. The lowest BCUT2D eigenvalue weighted by Gasteiger charge is -2.27. The summed E-state index contributed by atoms with van der Waals surface area (Å²) in [6.45, 7) is 6.45. The molecule has 0 bridgehead atoms. The highest BCUT2D eigenvalue weighted by atomic mass is 16.5. The van der Waals surface area contributed by atoms with E-state index in [1.54, 1.807) is 7.11 Å². The monoisotopic (exact) mass is 277 g/mol. The molecule has 1 aromatic rings. The lowest BCUT2D eigenvalue weighted by Crippen LogP contribution is -2.35. The Morgan fingerprint density at radius 3 is 2.80 bits per heavy atom. The normalized spacial score (nSPS) is 17.7. The Labute approximate surface area is 120 Å². The number of morpholine rings is 1. The molecule has 110 valence electrons. The van der Waals surface area contributed by atoms with Crippen molar-refractivity contribution in [1.82, 2.24) is 4.90 Å². The van der Waals surface area contributed by atoms with Crippen LogP contribution in [0.3, 0.4) is 0 Å². The quantitative estimate of drug-likeness (QED) is 0.747. The number of aldehydes is 1. The van der Waals surface area contributed by atoms with Crippen LogP contribution in [0, 0.1) is 0 Å². The third-order valence-electron chi connectivity index (χ3n) is 3.82. The molecule has 20 heavy (non-hydrogen) atoms. The highest BCUT2D eigenvalue weighted by molar-refractivity contribution is 5.52. The van der Waals surface area contributed by atoms with Crippen molar-refractivity contribution in [2.75, 3.05) is 33.4 Å². The van der Waals surface area contributed by atoms with Crippen LogP contribution in [0.15, 0.2) is 18.2 Å². The number of hydrogen-bond acceptors (Lipinski definition) is 4. The summed E-state index contributed by atoms with van der Waals surface area (Å²) in [7, 11) is 1.70. The molecular weight excluding hydrogens is 254 g/mol. The average Bonchev–Trinajstić information content (AvgIpc) is 2.48. The zero-order valence-corrected chi connectivity index (χ0v) is 12.3. The van der Waals surface area contributed by atoms with Gasteiger partial charge in [0, 0.05) is 31.6 Å². The summed E-state index contributed by atoms with van der Waals surface area (Å²) in [5, 5.41) is 0. The number of hydrogen-bond donors (Lipinski definition) is 0. The Bertz CT molecular complexity index is 441. The van der Waals surface area contributed by atoms with Crippen molar-refractivity contribution in [3.05, 3.63) is 29.3 Å². The standard InChI is InChI=1S/C16H23NO3/c1-13(5-8-18)14-3-4-16(19-2)15(11-14)12-17-6-9-20-10-7-17/h3-4,8,11,13H,5-7,9-10,12H2,1-2H3. The van der Waals surface area contributed by atoms with Crippen molar-refractivity contribution in [3.63, 3.8) is 0 Å². The molecule has 4 heteroatoms. The molecule has 1 saturated heterocycles. The summed E-state index contributed by atoms with van der Waals surface area (Å²) in [4.78, 5) is 13.0. The van der Waals surface area contributed by atoms with E-state index in [1.165, 1.54) is 11.1 Å². The first-order chi connectivity index (χ1) is 9.74. The molecule has 0 aliphatic carbocycles. The molecule has 0 spiro atoms. The van der Waals surface area contributed by atoms with E-state index in [0.717, 1.165) is 44.9 Å². The van der Waals surface area contributed by atoms with Gasteiger partial charge in [-0.2, -0.15) is 0 Å². The maximum Gasteiger partial charge on any atom is 0.123 e. The Balaban J connectivity index is 2.15. The maximum absolute atomic E-state index is 10.7. The van der Waals surface area contributed by atoms with Crippen LogP contribution in [-0.2, 0) is 16.1 Å². The van der Waals surface area contributed by atoms with Gasteiger partial charge >= 0.3 is 0 Å². The van der Waals surface area contributed by atoms with Gasteiger partial charge < -0.3 is 14.3 Å². The zero-order chi connectivity index (χ0) is 14.4. The van der Waals surface area contributed by atoms with Gasteiger partial charge in [0.1, 0.15) is 12.0 Å². The van der Waals surface area contributed by atoms with E-state index in [-0.39, 0.29) is 5.92 Å². The minimum atomic E-state index is 0.252. The van der Waals surface area contributed by atoms with Crippen LogP contribution in [0.4, 0.5) is 0 Å². The fourth-order valence-electron chi connectivity index (χ4n) is 2.51. The van der Waals surface area contributed by atoms with Crippen LogP contribution in [0.1, 0.15) is 30.4 Å². The Hall–Kier alpha value is -1.39. The summed E-state index contributed by atoms with van der Waals surface area (Å²) >= 11 is 0. The van der Waals surface area contributed by atoms with Crippen LogP contribution in [0.25, 0.3) is 0 Å². The summed E-state index contributed by atoms with van der Waals surface area (Å²) in [6, 6.07) is 6.23. The first kappa shape index (κ1) is 15.0. The highest BCUT2D eigenvalue weighted by Gasteiger charge is 2.15. The molecule has 4 nitrogen and oxygen atoms in total. The minimum absolute atomic E-state index is 0.252. The number of methoxy groups -OCH3 is 1. The van der Waals surface area contributed by atoms with Crippen molar-refractivity contribution in [1.29, 1.82) is 0 Å². The van der Waals surface area contributed by atoms with Gasteiger partial charge in [-0.05, 0) is 17.5 Å². The number of carbonyl (C=O) groups is 1. The van der Waals surface area contributed by atoms with Crippen molar-refractivity contribution >= 4 is 6.29 Å². The van der Waals surface area contributed by atoms with Gasteiger partial charge in [0.05, 0.1) is 20.3 Å². The Kier molecular flexibility index (Phi) is 5.56. The molecule has 1 aromatic carbocycles. The van der Waals surface area contributed by atoms with E-state index in [2.05, 4.69) is 24.0 Å². The van der Waals surface area contributed by atoms with Gasteiger partial charge in [-0.25, -0.2) is 0 Å². The molecular formula is C16H23NO3. The van der Waals surface area contributed by atoms with E-state index >= 15 is 0 Å². The molecule has 0 N–H and O–H groups in total. The molecule has 1 fully saturated rings. The molecule has 1 atom stereocenters. The van der Waals surface area contributed by atoms with Gasteiger partial charge in [-0.3, -0.25) is 4.90 Å². The molecule has 0 amide bonds. The lowest BCUT2D eigenvalue weighted by atomic mass is 9.96. The van der Waals surface area contributed by atoms with Crippen molar-refractivity contribution in [3.8, 4) is 5.75 Å². The van der Waals surface area contributed by atoms with E-state index in [4.69, 9.17) is 9.47 Å². The summed E-state index contributed by atoms with van der Waals surface area (Å²) in [5.41, 5.74) is 2.38. The molecule has 0 aromatic heterocycles. The predicted molar refractivity (Wildman–Crippen MR) is 78.2 cm³/mol. The highest BCUT2D eigenvalue weighted by Crippen LogP contribution is 2.26. The number of rotatable bonds is 6. The average molecular weight is 277 g/mol. The van der Waals surface area contributed by atoms with Crippen molar-refractivity contribution in [2.45, 2.75) is 25.8 Å². The lowest BCUT2D eigenvalue weighted by molar-refractivity contribution is -0.108. The summed E-state index contributed by atoms with van der Waals surface area (Å²) in [6.07, 6.45) is 1.54. The fourth-order valence-corrected chi connectivity index (χ4v) is 2.51. The molecule has 1 heterocycles. The first-order valence-corrected chi connectivity index (χ1v) is 7.15. The fraction of sp³-hybridized carbons (Fsp3) is 0.562. The summed E-state index contributed by atoms with van der Waals surface area (Å²) < 4.78 is 10.8. The number of nitrogens with zero attached hydrogens (tertiary/aromatic N) is 1. The topological polar surface area (TPSA) is 38.8 Å². The van der Waals surface area contributed by atoms with Gasteiger partial charge in [-0.15, -0.1) is 0 Å². The summed E-state index contributed by atoms with van der Waals surface area (Å²) in [5.74, 6) is 1.17. The Morgan fingerprint density at radius 1 is 1.40 bits per heavy atom. The van der Waals surface area contributed by atoms with E-state index < -0.39 is 0 Å². The SMILES string of the molecule is COc1ccc(C(C)CC=O)cc1CN1CCOCC1. The van der Waals surface area contributed by atoms with Crippen LogP contribution < -0.4 is 4.74 Å². The van der Waals surface area contributed by atoms with Crippen LogP contribution >= 0.6 is 0 Å². The smallest absolute Gasteiger partial charge is 0.123 e. The van der Waals surface area contributed by atoms with Crippen LogP contribution in [0.2, 0.25) is 0 Å². The first-order valence-electron chi connectivity index (χ1n) is 7.15. The number of ether oxygens (including phenoxy) is 2. The number of carbonyl (C=O) groups excluding carboxylic acids is 1. The van der Waals surface area contributed by atoms with Gasteiger partial charge in [0.2, 0.25) is 0 Å². The van der Waals surface area contributed by atoms with E-state index in [0.29, 0.717) is 6.42 Å².